The minimum Gasteiger partial charge on any atom is -0.318 e. The highest BCUT2D eigenvalue weighted by atomic mass is 16.6. The Balaban J connectivity index is 1.85. The second kappa shape index (κ2) is 5.88. The van der Waals surface area contributed by atoms with Crippen LogP contribution in [0.3, 0.4) is 0 Å². The monoisotopic (exact) mass is 245 g/mol. The lowest BCUT2D eigenvalue weighted by molar-refractivity contribution is -0.733. The van der Waals surface area contributed by atoms with E-state index in [0.29, 0.717) is 13.3 Å². The van der Waals surface area contributed by atoms with E-state index in [4.69, 9.17) is 4.74 Å². The molecule has 0 fully saturated rings. The molecule has 2 aromatic rings. The third kappa shape index (κ3) is 3.36. The highest BCUT2D eigenvalue weighted by Crippen LogP contribution is 2.12. The van der Waals surface area contributed by atoms with Gasteiger partial charge < -0.3 is 4.74 Å². The first-order valence-electron chi connectivity index (χ1n) is 5.51. The first kappa shape index (κ1) is 12.2. The van der Waals surface area contributed by atoms with E-state index in [1.165, 1.54) is 12.1 Å². The Morgan fingerprint density at radius 1 is 1.11 bits per heavy atom. The maximum absolute atomic E-state index is 10.5. The van der Waals surface area contributed by atoms with Crippen LogP contribution in [0.1, 0.15) is 5.56 Å². The molecule has 0 saturated heterocycles. The van der Waals surface area contributed by atoms with E-state index in [2.05, 4.69) is 0 Å². The normalized spacial score (nSPS) is 10.2. The van der Waals surface area contributed by atoms with Crippen molar-refractivity contribution in [2.24, 2.45) is 0 Å². The molecule has 1 aromatic heterocycles. The van der Waals surface area contributed by atoms with Gasteiger partial charge in [0, 0.05) is 24.3 Å². The molecule has 0 saturated carbocycles. The van der Waals surface area contributed by atoms with Crippen molar-refractivity contribution in [2.75, 3.05) is 0 Å². The molecule has 92 valence electrons. The molecule has 0 bridgehead atoms. The first-order chi connectivity index (χ1) is 8.75. The van der Waals surface area contributed by atoms with Gasteiger partial charge in [-0.05, 0) is 17.7 Å². The Labute approximate surface area is 104 Å². The van der Waals surface area contributed by atoms with E-state index in [-0.39, 0.29) is 5.69 Å². The number of pyridine rings is 1. The summed E-state index contributed by atoms with van der Waals surface area (Å²) in [6, 6.07) is 12.2. The number of hydrogen-bond donors (Lipinski definition) is 0. The van der Waals surface area contributed by atoms with Crippen LogP contribution >= 0.6 is 0 Å². The topological polar surface area (TPSA) is 56.3 Å². The molecular formula is C13H13N2O3+. The molecule has 18 heavy (non-hydrogen) atoms. The zero-order valence-corrected chi connectivity index (χ0v) is 9.73. The van der Waals surface area contributed by atoms with E-state index in [1.54, 1.807) is 12.1 Å². The molecule has 5 heteroatoms. The predicted octanol–water partition coefficient (Wildman–Crippen LogP) is 2.06. The van der Waals surface area contributed by atoms with Gasteiger partial charge in [-0.2, -0.15) is 4.57 Å². The fourth-order valence-electron chi connectivity index (χ4n) is 1.50. The van der Waals surface area contributed by atoms with Gasteiger partial charge in [-0.3, -0.25) is 10.1 Å². The Hall–Kier alpha value is -2.27. The summed E-state index contributed by atoms with van der Waals surface area (Å²) in [4.78, 5) is 10.1. The summed E-state index contributed by atoms with van der Waals surface area (Å²) in [5.41, 5.74) is 1.01. The number of nitro groups is 1. The van der Waals surface area contributed by atoms with E-state index in [0.717, 1.165) is 5.56 Å². The summed E-state index contributed by atoms with van der Waals surface area (Å²) in [6.45, 7) is 0.887. The quantitative estimate of drug-likeness (QED) is 0.460. The summed E-state index contributed by atoms with van der Waals surface area (Å²) in [6.07, 6.45) is 3.83. The van der Waals surface area contributed by atoms with Crippen LogP contribution in [0.5, 0.6) is 0 Å². The predicted molar refractivity (Wildman–Crippen MR) is 64.5 cm³/mol. The molecule has 1 heterocycles. The van der Waals surface area contributed by atoms with Gasteiger partial charge in [0.1, 0.15) is 0 Å². The maximum Gasteiger partial charge on any atom is 0.269 e. The minimum atomic E-state index is -0.412. The number of ether oxygens (including phenoxy) is 1. The summed E-state index contributed by atoms with van der Waals surface area (Å²) >= 11 is 0. The van der Waals surface area contributed by atoms with E-state index < -0.39 is 4.92 Å². The summed E-state index contributed by atoms with van der Waals surface area (Å²) in [7, 11) is 0. The number of nitro benzene ring substituents is 1. The maximum atomic E-state index is 10.5. The molecule has 1 aromatic carbocycles. The third-order valence-electron chi connectivity index (χ3n) is 2.43. The molecule has 0 aliphatic heterocycles. The number of non-ortho nitro benzene ring substituents is 1. The highest BCUT2D eigenvalue weighted by molar-refractivity contribution is 5.32. The summed E-state index contributed by atoms with van der Waals surface area (Å²) in [5, 5.41) is 10.5. The van der Waals surface area contributed by atoms with Gasteiger partial charge in [0.2, 0.25) is 0 Å². The number of rotatable bonds is 5. The van der Waals surface area contributed by atoms with E-state index in [9.17, 15) is 10.1 Å². The van der Waals surface area contributed by atoms with E-state index >= 15 is 0 Å². The lowest BCUT2D eigenvalue weighted by Gasteiger charge is -2.01. The van der Waals surface area contributed by atoms with Gasteiger partial charge in [-0.15, -0.1) is 0 Å². The van der Waals surface area contributed by atoms with Crippen molar-refractivity contribution < 1.29 is 14.2 Å². The number of aromatic nitrogens is 1. The van der Waals surface area contributed by atoms with Crippen molar-refractivity contribution in [1.82, 2.24) is 0 Å². The first-order valence-corrected chi connectivity index (χ1v) is 5.51. The smallest absolute Gasteiger partial charge is 0.269 e. The Morgan fingerprint density at radius 3 is 2.39 bits per heavy atom. The van der Waals surface area contributed by atoms with Gasteiger partial charge in [0.15, 0.2) is 12.4 Å². The fraction of sp³-hybridized carbons (Fsp3) is 0.154. The molecule has 0 atom stereocenters. The molecule has 0 spiro atoms. The van der Waals surface area contributed by atoms with Crippen LogP contribution in [0, 0.1) is 10.1 Å². The van der Waals surface area contributed by atoms with Crippen LogP contribution in [-0.4, -0.2) is 4.92 Å². The summed E-state index contributed by atoms with van der Waals surface area (Å²) in [5.74, 6) is 0. The summed E-state index contributed by atoms with van der Waals surface area (Å²) < 4.78 is 7.41. The molecule has 0 N–H and O–H groups in total. The van der Waals surface area contributed by atoms with Gasteiger partial charge in [-0.25, -0.2) is 0 Å². The van der Waals surface area contributed by atoms with Crippen molar-refractivity contribution in [3.63, 3.8) is 0 Å². The van der Waals surface area contributed by atoms with Crippen LogP contribution in [-0.2, 0) is 18.1 Å². The number of benzene rings is 1. The lowest BCUT2D eigenvalue weighted by Crippen LogP contribution is -2.33. The lowest BCUT2D eigenvalue weighted by atomic mass is 10.2. The van der Waals surface area contributed by atoms with Crippen molar-refractivity contribution in [3.8, 4) is 0 Å². The zero-order valence-electron chi connectivity index (χ0n) is 9.73. The highest BCUT2D eigenvalue weighted by Gasteiger charge is 2.04. The fourth-order valence-corrected chi connectivity index (χ4v) is 1.50. The molecule has 5 nitrogen and oxygen atoms in total. The van der Waals surface area contributed by atoms with Crippen molar-refractivity contribution >= 4 is 5.69 Å². The molecule has 2 rings (SSSR count). The van der Waals surface area contributed by atoms with Gasteiger partial charge in [0.25, 0.3) is 12.4 Å². The molecule has 0 amide bonds. The van der Waals surface area contributed by atoms with Crippen molar-refractivity contribution in [3.05, 3.63) is 70.5 Å². The molecule has 0 aliphatic carbocycles. The standard InChI is InChI=1S/C13H13N2O3/c16-15(17)13-6-4-12(5-7-13)10-18-11-14-8-2-1-3-9-14/h1-9H,10-11H2/q+1. The Kier molecular flexibility index (Phi) is 3.98. The van der Waals surface area contributed by atoms with Crippen molar-refractivity contribution in [1.29, 1.82) is 0 Å². The average molecular weight is 245 g/mol. The third-order valence-corrected chi connectivity index (χ3v) is 2.43. The second-order valence-electron chi connectivity index (χ2n) is 3.79. The van der Waals surface area contributed by atoms with Gasteiger partial charge >= 0.3 is 0 Å². The molecule has 0 radical (unpaired) electrons. The van der Waals surface area contributed by atoms with Crippen molar-refractivity contribution in [2.45, 2.75) is 13.3 Å². The second-order valence-corrected chi connectivity index (χ2v) is 3.79. The minimum absolute atomic E-state index is 0.0937. The van der Waals surface area contributed by atoms with Crippen LogP contribution in [0.2, 0.25) is 0 Å². The van der Waals surface area contributed by atoms with Crippen LogP contribution in [0.25, 0.3) is 0 Å². The molecule has 0 aliphatic rings. The van der Waals surface area contributed by atoms with Crippen LogP contribution in [0.4, 0.5) is 5.69 Å². The number of nitrogens with zero attached hydrogens (tertiary/aromatic N) is 2. The number of hydrogen-bond acceptors (Lipinski definition) is 3. The Morgan fingerprint density at radius 2 is 1.78 bits per heavy atom. The molecular weight excluding hydrogens is 232 g/mol. The Bertz CT molecular complexity index is 512. The van der Waals surface area contributed by atoms with Gasteiger partial charge in [-0.1, -0.05) is 6.07 Å². The van der Waals surface area contributed by atoms with Gasteiger partial charge in [0.05, 0.1) is 11.5 Å². The molecule has 0 unspecified atom stereocenters. The SMILES string of the molecule is O=[N+]([O-])c1ccc(COC[n+]2ccccc2)cc1. The van der Waals surface area contributed by atoms with Crippen LogP contribution < -0.4 is 4.57 Å². The van der Waals surface area contributed by atoms with E-state index in [1.807, 2.05) is 35.2 Å². The zero-order chi connectivity index (χ0) is 12.8. The largest absolute Gasteiger partial charge is 0.318 e. The average Bonchev–Trinajstić information content (AvgIpc) is 2.40. The van der Waals surface area contributed by atoms with Crippen LogP contribution in [0.15, 0.2) is 54.9 Å².